The summed E-state index contributed by atoms with van der Waals surface area (Å²) in [5, 5.41) is 14.0. The average molecular weight is 475 g/mol. The minimum atomic E-state index is -0.845. The Bertz CT molecular complexity index is 932. The number of ether oxygens (including phenoxy) is 2. The Hall–Kier alpha value is -2.38. The van der Waals surface area contributed by atoms with Crippen molar-refractivity contribution in [2.45, 2.75) is 90.9 Å². The maximum absolute atomic E-state index is 12.8. The first-order valence-electron chi connectivity index (χ1n) is 12.3. The summed E-state index contributed by atoms with van der Waals surface area (Å²) in [6.45, 7) is 11.5. The molecular weight excluding hydrogens is 432 g/mol. The van der Waals surface area contributed by atoms with Crippen LogP contribution in [0.2, 0.25) is 0 Å². The Labute approximate surface area is 203 Å². The van der Waals surface area contributed by atoms with Crippen LogP contribution in [0.25, 0.3) is 10.9 Å². The lowest BCUT2D eigenvalue weighted by atomic mass is 9.83. The lowest BCUT2D eigenvalue weighted by molar-refractivity contribution is -0.125. The molecule has 7 nitrogen and oxygen atoms in total. The number of aliphatic hydroxyl groups is 1. The van der Waals surface area contributed by atoms with Crippen LogP contribution in [-0.2, 0) is 14.3 Å². The lowest BCUT2D eigenvalue weighted by Crippen LogP contribution is -2.56. The largest absolute Gasteiger partial charge is 0.459 e. The van der Waals surface area contributed by atoms with Gasteiger partial charge < -0.3 is 24.9 Å². The first kappa shape index (κ1) is 27.9. The van der Waals surface area contributed by atoms with E-state index in [9.17, 15) is 14.7 Å². The SMILES string of the molecule is CCC(CCC(CC)OC(=O)c1c[nH]c2ccccc12)CC(CO)(COC(C)(C)C)NC(C)=O. The number of carbonyl (C=O) groups excluding carboxylic acids is 2. The van der Waals surface area contributed by atoms with Crippen LogP contribution in [0.3, 0.4) is 0 Å². The molecule has 0 saturated heterocycles. The molecular formula is C27H42N2O5. The molecule has 1 heterocycles. The molecule has 3 atom stereocenters. The van der Waals surface area contributed by atoms with E-state index in [2.05, 4.69) is 17.2 Å². The normalized spacial score (nSPS) is 15.5. The van der Waals surface area contributed by atoms with E-state index in [1.54, 1.807) is 6.20 Å². The Kier molecular flexibility index (Phi) is 10.1. The molecule has 190 valence electrons. The Balaban J connectivity index is 2.03. The number of hydrogen-bond donors (Lipinski definition) is 3. The first-order valence-corrected chi connectivity index (χ1v) is 12.3. The number of para-hydroxylation sites is 1. The van der Waals surface area contributed by atoms with Gasteiger partial charge in [-0.05, 0) is 58.4 Å². The van der Waals surface area contributed by atoms with Crippen LogP contribution < -0.4 is 5.32 Å². The zero-order valence-corrected chi connectivity index (χ0v) is 21.6. The van der Waals surface area contributed by atoms with Gasteiger partial charge in [-0.2, -0.15) is 0 Å². The van der Waals surface area contributed by atoms with Crippen LogP contribution in [0.1, 0.15) is 84.0 Å². The monoisotopic (exact) mass is 474 g/mol. The highest BCUT2D eigenvalue weighted by Crippen LogP contribution is 2.28. The summed E-state index contributed by atoms with van der Waals surface area (Å²) in [4.78, 5) is 27.9. The second-order valence-corrected chi connectivity index (χ2v) is 10.3. The average Bonchev–Trinajstić information content (AvgIpc) is 3.22. The number of nitrogens with one attached hydrogen (secondary N) is 2. The zero-order chi connectivity index (χ0) is 25.4. The Morgan fingerprint density at radius 3 is 2.41 bits per heavy atom. The number of hydrogen-bond acceptors (Lipinski definition) is 5. The van der Waals surface area contributed by atoms with Gasteiger partial charge in [0, 0.05) is 24.0 Å². The van der Waals surface area contributed by atoms with Crippen LogP contribution >= 0.6 is 0 Å². The molecule has 0 fully saturated rings. The van der Waals surface area contributed by atoms with E-state index in [4.69, 9.17) is 9.47 Å². The molecule has 0 spiro atoms. The molecule has 1 aromatic carbocycles. The number of aliphatic hydroxyl groups excluding tert-OH is 1. The van der Waals surface area contributed by atoms with Gasteiger partial charge in [-0.3, -0.25) is 4.79 Å². The van der Waals surface area contributed by atoms with Crippen LogP contribution in [0.15, 0.2) is 30.5 Å². The van der Waals surface area contributed by atoms with E-state index in [1.807, 2.05) is 52.0 Å². The highest BCUT2D eigenvalue weighted by Gasteiger charge is 2.35. The van der Waals surface area contributed by atoms with Gasteiger partial charge in [-0.1, -0.05) is 38.5 Å². The molecule has 0 aliphatic heterocycles. The van der Waals surface area contributed by atoms with Crippen molar-refractivity contribution in [1.82, 2.24) is 10.3 Å². The molecule has 0 bridgehead atoms. The van der Waals surface area contributed by atoms with Crippen molar-refractivity contribution in [3.05, 3.63) is 36.0 Å². The van der Waals surface area contributed by atoms with E-state index < -0.39 is 5.54 Å². The third-order valence-corrected chi connectivity index (χ3v) is 6.22. The predicted molar refractivity (Wildman–Crippen MR) is 135 cm³/mol. The minimum Gasteiger partial charge on any atom is -0.459 e. The number of aromatic amines is 1. The van der Waals surface area contributed by atoms with Crippen LogP contribution in [0, 0.1) is 5.92 Å². The van der Waals surface area contributed by atoms with Gasteiger partial charge in [0.25, 0.3) is 0 Å². The number of H-pyrrole nitrogens is 1. The first-order chi connectivity index (χ1) is 16.0. The van der Waals surface area contributed by atoms with E-state index >= 15 is 0 Å². The van der Waals surface area contributed by atoms with Gasteiger partial charge in [0.15, 0.2) is 0 Å². The highest BCUT2D eigenvalue weighted by atomic mass is 16.5. The van der Waals surface area contributed by atoms with Crippen molar-refractivity contribution in [2.24, 2.45) is 5.92 Å². The van der Waals surface area contributed by atoms with Crippen LogP contribution in [0.4, 0.5) is 0 Å². The molecule has 2 aromatic rings. The Morgan fingerprint density at radius 2 is 1.82 bits per heavy atom. The fourth-order valence-electron chi connectivity index (χ4n) is 4.25. The molecule has 1 amide bonds. The summed E-state index contributed by atoms with van der Waals surface area (Å²) in [6.07, 6.45) is 5.20. The van der Waals surface area contributed by atoms with Gasteiger partial charge in [0.2, 0.25) is 5.91 Å². The Morgan fingerprint density at radius 1 is 1.12 bits per heavy atom. The standard InChI is InChI=1S/C27H42N2O5/c1-7-20(15-27(17-30,29-19(3)31)18-33-26(4,5)6)13-14-21(8-2)34-25(32)23-16-28-24-12-10-9-11-22(23)24/h9-12,16,20-21,28,30H,7-8,13-15,17-18H2,1-6H3,(H,29,31). The second kappa shape index (κ2) is 12.4. The number of benzene rings is 1. The molecule has 2 rings (SSSR count). The van der Waals surface area contributed by atoms with Crippen molar-refractivity contribution in [2.75, 3.05) is 13.2 Å². The molecule has 1 aromatic heterocycles. The zero-order valence-electron chi connectivity index (χ0n) is 21.6. The molecule has 7 heteroatoms. The maximum Gasteiger partial charge on any atom is 0.340 e. The van der Waals surface area contributed by atoms with Gasteiger partial charge in [0.05, 0.1) is 29.9 Å². The van der Waals surface area contributed by atoms with E-state index in [-0.39, 0.29) is 42.7 Å². The fraction of sp³-hybridized carbons (Fsp3) is 0.630. The summed E-state index contributed by atoms with van der Waals surface area (Å²) in [7, 11) is 0. The molecule has 3 unspecified atom stereocenters. The van der Waals surface area contributed by atoms with Gasteiger partial charge in [-0.15, -0.1) is 0 Å². The van der Waals surface area contributed by atoms with E-state index in [0.29, 0.717) is 24.8 Å². The quantitative estimate of drug-likeness (QED) is 0.355. The third kappa shape index (κ3) is 8.13. The van der Waals surface area contributed by atoms with Crippen LogP contribution in [0.5, 0.6) is 0 Å². The molecule has 0 radical (unpaired) electrons. The van der Waals surface area contributed by atoms with Crippen molar-refractivity contribution < 1.29 is 24.2 Å². The molecule has 3 N–H and O–H groups in total. The predicted octanol–water partition coefficient (Wildman–Crippen LogP) is 4.98. The van der Waals surface area contributed by atoms with E-state index in [0.717, 1.165) is 23.7 Å². The topological polar surface area (TPSA) is 101 Å². The highest BCUT2D eigenvalue weighted by molar-refractivity contribution is 6.04. The van der Waals surface area contributed by atoms with Crippen molar-refractivity contribution in [1.29, 1.82) is 0 Å². The molecule has 34 heavy (non-hydrogen) atoms. The van der Waals surface area contributed by atoms with Gasteiger partial charge in [-0.25, -0.2) is 4.79 Å². The minimum absolute atomic E-state index is 0.194. The molecule has 0 saturated carbocycles. The summed E-state index contributed by atoms with van der Waals surface area (Å²) in [6, 6.07) is 7.67. The molecule has 0 aliphatic rings. The number of aromatic nitrogens is 1. The van der Waals surface area contributed by atoms with E-state index in [1.165, 1.54) is 6.92 Å². The number of rotatable bonds is 13. The second-order valence-electron chi connectivity index (χ2n) is 10.3. The van der Waals surface area contributed by atoms with Crippen molar-refractivity contribution >= 4 is 22.8 Å². The number of carbonyl (C=O) groups is 2. The molecule has 0 aliphatic carbocycles. The van der Waals surface area contributed by atoms with Gasteiger partial charge in [0.1, 0.15) is 6.10 Å². The van der Waals surface area contributed by atoms with Crippen molar-refractivity contribution in [3.63, 3.8) is 0 Å². The summed E-state index contributed by atoms with van der Waals surface area (Å²) in [5.74, 6) is -0.289. The summed E-state index contributed by atoms with van der Waals surface area (Å²) in [5.41, 5.74) is 0.224. The fourth-order valence-corrected chi connectivity index (χ4v) is 4.25. The summed E-state index contributed by atoms with van der Waals surface area (Å²) >= 11 is 0. The number of esters is 1. The van der Waals surface area contributed by atoms with Crippen molar-refractivity contribution in [3.8, 4) is 0 Å². The maximum atomic E-state index is 12.8. The smallest absolute Gasteiger partial charge is 0.340 e. The number of fused-ring (bicyclic) bond motifs is 1. The lowest BCUT2D eigenvalue weighted by Gasteiger charge is -2.38. The van der Waals surface area contributed by atoms with Crippen LogP contribution in [-0.4, -0.2) is 52.4 Å². The third-order valence-electron chi connectivity index (χ3n) is 6.22. The number of amides is 1. The summed E-state index contributed by atoms with van der Waals surface area (Å²) < 4.78 is 11.8. The van der Waals surface area contributed by atoms with Gasteiger partial charge >= 0.3 is 5.97 Å².